The van der Waals surface area contributed by atoms with Crippen molar-refractivity contribution in [2.45, 2.75) is 4.90 Å². The molecule has 0 radical (unpaired) electrons. The van der Waals surface area contributed by atoms with Gasteiger partial charge in [-0.1, -0.05) is 11.6 Å². The van der Waals surface area contributed by atoms with Gasteiger partial charge in [-0.3, -0.25) is 4.79 Å². The lowest BCUT2D eigenvalue weighted by Gasteiger charge is -2.05. The van der Waals surface area contributed by atoms with Crippen molar-refractivity contribution >= 4 is 44.8 Å². The Morgan fingerprint density at radius 1 is 1.39 bits per heavy atom. The van der Waals surface area contributed by atoms with E-state index < -0.39 is 15.3 Å². The molecule has 0 amide bonds. The molecule has 0 spiro atoms. The van der Waals surface area contributed by atoms with E-state index in [4.69, 9.17) is 23.2 Å². The third kappa shape index (κ3) is 3.69. The van der Waals surface area contributed by atoms with E-state index in [0.29, 0.717) is 0 Å². The van der Waals surface area contributed by atoms with Crippen molar-refractivity contribution < 1.29 is 13.2 Å². The highest BCUT2D eigenvalue weighted by Gasteiger charge is 2.18. The molecule has 0 saturated heterocycles. The molecule has 0 saturated carbocycles. The lowest BCUT2D eigenvalue weighted by Crippen LogP contribution is -2.10. The van der Waals surface area contributed by atoms with E-state index in [1.807, 2.05) is 0 Å². The highest BCUT2D eigenvalue weighted by atomic mass is 35.5. The molecule has 18 heavy (non-hydrogen) atoms. The second-order valence-electron chi connectivity index (χ2n) is 3.58. The number of hydrogen-bond donors (Lipinski definition) is 0. The SMILES string of the molecule is CN(C)C=NS(=O)(=O)c1cc(C(=O)Cl)ccc1Cl. The smallest absolute Gasteiger partial charge is 0.285 e. The van der Waals surface area contributed by atoms with Crippen LogP contribution < -0.4 is 0 Å². The summed E-state index contributed by atoms with van der Waals surface area (Å²) in [6, 6.07) is 3.72. The van der Waals surface area contributed by atoms with Crippen LogP contribution in [0, 0.1) is 0 Å². The predicted octanol–water partition coefficient (Wildman–Crippen LogP) is 2.00. The van der Waals surface area contributed by atoms with E-state index in [9.17, 15) is 13.2 Å². The molecule has 98 valence electrons. The number of carbonyl (C=O) groups is 1. The summed E-state index contributed by atoms with van der Waals surface area (Å²) in [5.74, 6) is 0. The lowest BCUT2D eigenvalue weighted by molar-refractivity contribution is 0.108. The quantitative estimate of drug-likeness (QED) is 0.485. The zero-order valence-corrected chi connectivity index (χ0v) is 11.9. The van der Waals surface area contributed by atoms with Crippen molar-refractivity contribution in [1.29, 1.82) is 0 Å². The van der Waals surface area contributed by atoms with Crippen molar-refractivity contribution in [2.24, 2.45) is 4.40 Å². The van der Waals surface area contributed by atoms with Gasteiger partial charge in [-0.05, 0) is 29.8 Å². The lowest BCUT2D eigenvalue weighted by atomic mass is 10.2. The second kappa shape index (κ2) is 5.69. The number of hydrogen-bond acceptors (Lipinski definition) is 3. The largest absolute Gasteiger partial charge is 0.368 e. The van der Waals surface area contributed by atoms with Gasteiger partial charge in [-0.25, -0.2) is 0 Å². The molecule has 5 nitrogen and oxygen atoms in total. The van der Waals surface area contributed by atoms with Gasteiger partial charge in [0.25, 0.3) is 15.3 Å². The summed E-state index contributed by atoms with van der Waals surface area (Å²) in [7, 11) is -0.708. The monoisotopic (exact) mass is 308 g/mol. The highest BCUT2D eigenvalue weighted by molar-refractivity contribution is 7.90. The van der Waals surface area contributed by atoms with E-state index >= 15 is 0 Å². The third-order valence-electron chi connectivity index (χ3n) is 1.85. The molecule has 0 fully saturated rings. The Hall–Kier alpha value is -1.11. The van der Waals surface area contributed by atoms with Gasteiger partial charge in [0.15, 0.2) is 0 Å². The Bertz CT molecular complexity index is 597. The van der Waals surface area contributed by atoms with Crippen LogP contribution in [-0.4, -0.2) is 39.0 Å². The summed E-state index contributed by atoms with van der Waals surface area (Å²) >= 11 is 11.1. The molecule has 1 aromatic rings. The van der Waals surface area contributed by atoms with Gasteiger partial charge in [0.2, 0.25) is 0 Å². The molecule has 0 aliphatic carbocycles. The molecular weight excluding hydrogens is 299 g/mol. The van der Waals surface area contributed by atoms with E-state index in [1.54, 1.807) is 14.1 Å². The van der Waals surface area contributed by atoms with Crippen molar-refractivity contribution in [3.63, 3.8) is 0 Å². The summed E-state index contributed by atoms with van der Waals surface area (Å²) in [6.45, 7) is 0. The van der Waals surface area contributed by atoms with Gasteiger partial charge in [0.05, 0.1) is 5.02 Å². The molecule has 1 rings (SSSR count). The minimum Gasteiger partial charge on any atom is -0.368 e. The number of nitrogens with zero attached hydrogens (tertiary/aromatic N) is 2. The maximum Gasteiger partial charge on any atom is 0.285 e. The van der Waals surface area contributed by atoms with Crippen molar-refractivity contribution in [2.75, 3.05) is 14.1 Å². The van der Waals surface area contributed by atoms with Crippen LogP contribution >= 0.6 is 23.2 Å². The van der Waals surface area contributed by atoms with Gasteiger partial charge >= 0.3 is 0 Å². The first-order chi connectivity index (χ1) is 8.24. The highest BCUT2D eigenvalue weighted by Crippen LogP contribution is 2.24. The molecule has 8 heteroatoms. The minimum atomic E-state index is -3.96. The van der Waals surface area contributed by atoms with Crippen molar-refractivity contribution in [3.8, 4) is 0 Å². The van der Waals surface area contributed by atoms with E-state index in [0.717, 1.165) is 12.4 Å². The van der Waals surface area contributed by atoms with Crippen LogP contribution in [-0.2, 0) is 10.0 Å². The van der Waals surface area contributed by atoms with Gasteiger partial charge < -0.3 is 4.90 Å². The maximum atomic E-state index is 11.9. The van der Waals surface area contributed by atoms with Gasteiger partial charge in [0.1, 0.15) is 11.2 Å². The summed E-state index contributed by atoms with van der Waals surface area (Å²) in [5.41, 5.74) is 0.0414. The summed E-state index contributed by atoms with van der Waals surface area (Å²) in [5, 5.41) is -0.785. The molecule has 0 aromatic heterocycles. The standard InChI is InChI=1S/C10H10Cl2N2O3S/c1-14(2)6-13-18(16,17)9-5-7(10(12)15)3-4-8(9)11/h3-6H,1-2H3. The normalized spacial score (nSPS) is 11.8. The average Bonchev–Trinajstić information content (AvgIpc) is 2.26. The van der Waals surface area contributed by atoms with Gasteiger partial charge in [-0.2, -0.15) is 8.42 Å². The third-order valence-corrected chi connectivity index (χ3v) is 3.78. The molecule has 0 aliphatic heterocycles. The minimum absolute atomic E-state index is 0.0208. The zero-order valence-electron chi connectivity index (χ0n) is 9.59. The summed E-state index contributed by atoms with van der Waals surface area (Å²) in [4.78, 5) is 12.2. The Morgan fingerprint density at radius 2 is 2.00 bits per heavy atom. The molecular formula is C10H10Cl2N2O3S. The predicted molar refractivity (Wildman–Crippen MR) is 71.0 cm³/mol. The zero-order chi connectivity index (χ0) is 13.9. The average molecular weight is 309 g/mol. The van der Waals surface area contributed by atoms with Crippen LogP contribution in [0.2, 0.25) is 5.02 Å². The molecule has 0 atom stereocenters. The molecule has 0 N–H and O–H groups in total. The molecule has 0 bridgehead atoms. The van der Waals surface area contributed by atoms with Crippen LogP contribution in [0.25, 0.3) is 0 Å². The number of sulfonamides is 1. The van der Waals surface area contributed by atoms with Crippen molar-refractivity contribution in [1.82, 2.24) is 4.90 Å². The fraction of sp³-hybridized carbons (Fsp3) is 0.200. The summed E-state index contributed by atoms with van der Waals surface area (Å²) in [6.07, 6.45) is 1.13. The van der Waals surface area contributed by atoms with Crippen LogP contribution in [0.4, 0.5) is 0 Å². The van der Waals surface area contributed by atoms with E-state index in [-0.39, 0.29) is 15.5 Å². The number of halogens is 2. The fourth-order valence-corrected chi connectivity index (χ4v) is 2.58. The fourth-order valence-electron chi connectivity index (χ4n) is 1.04. The Morgan fingerprint density at radius 3 is 2.50 bits per heavy atom. The van der Waals surface area contributed by atoms with Gasteiger partial charge in [0, 0.05) is 19.7 Å². The van der Waals surface area contributed by atoms with Gasteiger partial charge in [-0.15, -0.1) is 4.40 Å². The van der Waals surface area contributed by atoms with E-state index in [1.165, 1.54) is 17.0 Å². The second-order valence-corrected chi connectivity index (χ2v) is 5.93. The molecule has 1 aromatic carbocycles. The molecule has 0 aliphatic rings. The van der Waals surface area contributed by atoms with Crippen LogP contribution in [0.3, 0.4) is 0 Å². The van der Waals surface area contributed by atoms with Crippen LogP contribution in [0.5, 0.6) is 0 Å². The van der Waals surface area contributed by atoms with Crippen LogP contribution in [0.1, 0.15) is 10.4 Å². The summed E-state index contributed by atoms with van der Waals surface area (Å²) < 4.78 is 27.2. The Labute approximate surface area is 115 Å². The first-order valence-electron chi connectivity index (χ1n) is 4.70. The van der Waals surface area contributed by atoms with Crippen molar-refractivity contribution in [3.05, 3.63) is 28.8 Å². The first kappa shape index (κ1) is 14.9. The number of carbonyl (C=O) groups excluding carboxylic acids is 1. The Balaban J connectivity index is 3.32. The number of benzene rings is 1. The Kier molecular flexibility index (Phi) is 4.72. The van der Waals surface area contributed by atoms with E-state index in [2.05, 4.69) is 4.40 Å². The first-order valence-corrected chi connectivity index (χ1v) is 6.90. The van der Waals surface area contributed by atoms with Crippen LogP contribution in [0.15, 0.2) is 27.5 Å². The number of rotatable bonds is 4. The molecule has 0 unspecified atom stereocenters. The topological polar surface area (TPSA) is 66.8 Å². The molecule has 0 heterocycles. The maximum absolute atomic E-state index is 11.9.